The number of aromatic nitrogens is 3. The molecule has 0 saturated carbocycles. The second kappa shape index (κ2) is 7.66. The molecule has 0 N–H and O–H groups in total. The van der Waals surface area contributed by atoms with E-state index >= 15 is 0 Å². The van der Waals surface area contributed by atoms with Crippen LogP contribution in [0.25, 0.3) is 16.8 Å². The van der Waals surface area contributed by atoms with Crippen molar-refractivity contribution in [3.63, 3.8) is 0 Å². The maximum Gasteiger partial charge on any atom is 0.166 e. The Balaban J connectivity index is 1.68. The summed E-state index contributed by atoms with van der Waals surface area (Å²) in [4.78, 5) is 18.8. The summed E-state index contributed by atoms with van der Waals surface area (Å²) >= 11 is 1.70. The normalized spacial score (nSPS) is 16.1. The minimum atomic E-state index is 0.124. The number of rotatable bonds is 5. The molecule has 4 aromatic rings. The monoisotopic (exact) mass is 419 g/mol. The second-order valence-electron chi connectivity index (χ2n) is 7.38. The number of hydrogen-bond donors (Lipinski definition) is 0. The highest BCUT2D eigenvalue weighted by atomic mass is 32.1. The van der Waals surface area contributed by atoms with Crippen LogP contribution in [0.4, 0.5) is 0 Å². The van der Waals surface area contributed by atoms with Gasteiger partial charge in [0.2, 0.25) is 0 Å². The van der Waals surface area contributed by atoms with E-state index in [1.807, 2.05) is 34.8 Å². The Hall–Kier alpha value is -3.03. The molecule has 0 unspecified atom stereocenters. The lowest BCUT2D eigenvalue weighted by Gasteiger charge is -2.23. The van der Waals surface area contributed by atoms with Crippen LogP contribution < -0.4 is 4.74 Å². The zero-order valence-electron chi connectivity index (χ0n) is 16.8. The number of carbonyl (C=O) groups excluding carboxylic acids is 1. The summed E-state index contributed by atoms with van der Waals surface area (Å²) in [6, 6.07) is 12.0. The van der Waals surface area contributed by atoms with Crippen molar-refractivity contribution in [1.29, 1.82) is 0 Å². The lowest BCUT2D eigenvalue weighted by Crippen LogP contribution is -2.22. The maximum absolute atomic E-state index is 12.9. The van der Waals surface area contributed by atoms with E-state index in [1.165, 1.54) is 4.88 Å². The summed E-state index contributed by atoms with van der Waals surface area (Å²) in [5.41, 5.74) is 5.05. The van der Waals surface area contributed by atoms with E-state index < -0.39 is 0 Å². The number of carbonyl (C=O) groups is 1. The third-order valence-electron chi connectivity index (χ3n) is 5.59. The van der Waals surface area contributed by atoms with E-state index in [9.17, 15) is 4.79 Å². The summed E-state index contributed by atoms with van der Waals surface area (Å²) in [5.74, 6) is 1.09. The van der Waals surface area contributed by atoms with Gasteiger partial charge in [0, 0.05) is 30.5 Å². The van der Waals surface area contributed by atoms with E-state index in [2.05, 4.69) is 16.4 Å². The number of methoxy groups -OCH3 is 2. The van der Waals surface area contributed by atoms with E-state index in [1.54, 1.807) is 31.8 Å². The van der Waals surface area contributed by atoms with Crippen LogP contribution in [0.5, 0.6) is 5.75 Å². The molecule has 1 atom stereocenters. The first kappa shape index (κ1) is 19.0. The summed E-state index contributed by atoms with van der Waals surface area (Å²) in [7, 11) is 3.30. The number of thiophene rings is 1. The summed E-state index contributed by atoms with van der Waals surface area (Å²) in [6.45, 7) is 0.363. The van der Waals surface area contributed by atoms with E-state index in [-0.39, 0.29) is 11.7 Å². The summed E-state index contributed by atoms with van der Waals surface area (Å²) in [5, 5.41) is 6.89. The highest BCUT2D eigenvalue weighted by molar-refractivity contribution is 7.10. The minimum absolute atomic E-state index is 0.124. The summed E-state index contributed by atoms with van der Waals surface area (Å²) in [6.07, 6.45) is 2.98. The van der Waals surface area contributed by atoms with Crippen LogP contribution in [0.15, 0.2) is 48.0 Å². The molecular formula is C23H21N3O3S. The minimum Gasteiger partial charge on any atom is -0.497 e. The van der Waals surface area contributed by atoms with Gasteiger partial charge in [-0.15, -0.1) is 11.3 Å². The third kappa shape index (κ3) is 3.11. The Bertz CT molecular complexity index is 1210. The fraction of sp³-hybridized carbons (Fsp3) is 0.261. The molecule has 7 heteroatoms. The third-order valence-corrected chi connectivity index (χ3v) is 6.63. The highest BCUT2D eigenvalue weighted by Gasteiger charge is 2.31. The van der Waals surface area contributed by atoms with Crippen molar-refractivity contribution in [2.45, 2.75) is 25.4 Å². The molecule has 1 aliphatic carbocycles. The number of nitrogens with zero attached hydrogens (tertiary/aromatic N) is 3. The van der Waals surface area contributed by atoms with Crippen LogP contribution in [0.2, 0.25) is 0 Å². The maximum atomic E-state index is 12.9. The Morgan fingerprint density at radius 3 is 2.70 bits per heavy atom. The predicted octanol–water partition coefficient (Wildman–Crippen LogP) is 4.53. The molecule has 6 nitrogen and oxygen atoms in total. The van der Waals surface area contributed by atoms with Crippen LogP contribution in [-0.4, -0.2) is 34.6 Å². The molecule has 30 heavy (non-hydrogen) atoms. The Kier molecular flexibility index (Phi) is 4.84. The van der Waals surface area contributed by atoms with Gasteiger partial charge in [0.25, 0.3) is 0 Å². The summed E-state index contributed by atoms with van der Waals surface area (Å²) < 4.78 is 12.6. The van der Waals surface area contributed by atoms with Crippen LogP contribution in [-0.2, 0) is 17.8 Å². The van der Waals surface area contributed by atoms with Gasteiger partial charge in [0.05, 0.1) is 36.2 Å². The van der Waals surface area contributed by atoms with Gasteiger partial charge in [-0.05, 0) is 35.6 Å². The van der Waals surface area contributed by atoms with Gasteiger partial charge in [-0.2, -0.15) is 5.10 Å². The van der Waals surface area contributed by atoms with Gasteiger partial charge in [-0.1, -0.05) is 18.2 Å². The smallest absolute Gasteiger partial charge is 0.166 e. The molecule has 0 saturated heterocycles. The number of benzene rings is 1. The molecule has 152 valence electrons. The average molecular weight is 420 g/mol. The molecule has 0 amide bonds. The molecule has 0 radical (unpaired) electrons. The standard InChI is InChI=1S/C23H21N3O3S/c1-28-13-18-22(14-5-7-16(29-2)8-6-14)23-24-12-17-19(26(23)25-18)10-15(11-20(17)27)21-4-3-9-30-21/h3-9,12,15H,10-11,13H2,1-2H3/t15-/m0/s1. The first-order chi connectivity index (χ1) is 14.7. The first-order valence-corrected chi connectivity index (χ1v) is 10.7. The van der Waals surface area contributed by atoms with Crippen molar-refractivity contribution in [2.75, 3.05) is 14.2 Å². The second-order valence-corrected chi connectivity index (χ2v) is 8.36. The molecule has 1 aromatic carbocycles. The van der Waals surface area contributed by atoms with Crippen molar-refractivity contribution < 1.29 is 14.3 Å². The molecule has 0 aliphatic heterocycles. The van der Waals surface area contributed by atoms with E-state index in [0.29, 0.717) is 18.6 Å². The van der Waals surface area contributed by atoms with Crippen molar-refractivity contribution in [3.05, 3.63) is 69.8 Å². The number of fused-ring (bicyclic) bond motifs is 3. The van der Waals surface area contributed by atoms with Gasteiger partial charge in [0.1, 0.15) is 5.75 Å². The molecular weight excluding hydrogens is 398 g/mol. The quantitative estimate of drug-likeness (QED) is 0.476. The molecule has 0 spiro atoms. The van der Waals surface area contributed by atoms with Gasteiger partial charge < -0.3 is 9.47 Å². The van der Waals surface area contributed by atoms with Gasteiger partial charge >= 0.3 is 0 Å². The van der Waals surface area contributed by atoms with E-state index in [4.69, 9.17) is 14.6 Å². The van der Waals surface area contributed by atoms with Crippen molar-refractivity contribution in [3.8, 4) is 16.9 Å². The Morgan fingerprint density at radius 2 is 2.00 bits per heavy atom. The SMILES string of the molecule is COCc1nn2c3c(cnc2c1-c1ccc(OC)cc1)C(=O)C[C@@H](c1cccs1)C3. The van der Waals surface area contributed by atoms with Crippen LogP contribution in [0, 0.1) is 0 Å². The predicted molar refractivity (Wildman–Crippen MR) is 115 cm³/mol. The first-order valence-electron chi connectivity index (χ1n) is 9.79. The van der Waals surface area contributed by atoms with Crippen LogP contribution >= 0.6 is 11.3 Å². The molecule has 0 fully saturated rings. The molecule has 3 heterocycles. The molecule has 3 aromatic heterocycles. The zero-order chi connectivity index (χ0) is 20.7. The zero-order valence-corrected chi connectivity index (χ0v) is 17.6. The number of ether oxygens (including phenoxy) is 2. The lowest BCUT2D eigenvalue weighted by atomic mass is 9.85. The van der Waals surface area contributed by atoms with Gasteiger partial charge in [-0.3, -0.25) is 4.79 Å². The van der Waals surface area contributed by atoms with Crippen LogP contribution in [0.3, 0.4) is 0 Å². The average Bonchev–Trinajstić information content (AvgIpc) is 3.42. The van der Waals surface area contributed by atoms with E-state index in [0.717, 1.165) is 40.3 Å². The highest BCUT2D eigenvalue weighted by Crippen LogP contribution is 2.37. The molecule has 5 rings (SSSR count). The van der Waals surface area contributed by atoms with Gasteiger partial charge in [-0.25, -0.2) is 9.50 Å². The number of hydrogen-bond acceptors (Lipinski definition) is 6. The number of ketones is 1. The van der Waals surface area contributed by atoms with Crippen molar-refractivity contribution in [2.24, 2.45) is 0 Å². The van der Waals surface area contributed by atoms with Crippen molar-refractivity contribution >= 4 is 22.8 Å². The molecule has 1 aliphatic rings. The fourth-order valence-electron chi connectivity index (χ4n) is 4.16. The van der Waals surface area contributed by atoms with Crippen LogP contribution in [0.1, 0.15) is 39.0 Å². The number of Topliss-reactive ketones (excluding diaryl/α,β-unsaturated/α-hetero) is 1. The van der Waals surface area contributed by atoms with Gasteiger partial charge in [0.15, 0.2) is 11.4 Å². The molecule has 0 bridgehead atoms. The fourth-order valence-corrected chi connectivity index (χ4v) is 4.99. The lowest BCUT2D eigenvalue weighted by molar-refractivity contribution is 0.0962. The Morgan fingerprint density at radius 1 is 1.17 bits per heavy atom. The Labute approximate surface area is 178 Å². The topological polar surface area (TPSA) is 65.7 Å². The van der Waals surface area contributed by atoms with Crippen molar-refractivity contribution in [1.82, 2.24) is 14.6 Å². The largest absolute Gasteiger partial charge is 0.497 e.